The van der Waals surface area contributed by atoms with Gasteiger partial charge in [-0.1, -0.05) is 18.9 Å². The van der Waals surface area contributed by atoms with Gasteiger partial charge in [-0.25, -0.2) is 9.59 Å². The Morgan fingerprint density at radius 1 is 1.03 bits per heavy atom. The third-order valence-electron chi connectivity index (χ3n) is 6.48. The van der Waals surface area contributed by atoms with E-state index in [4.69, 9.17) is 16.6 Å². The Kier molecular flexibility index (Phi) is 5.79. The maximum Gasteiger partial charge on any atom is 0.335 e. The maximum atomic E-state index is 11.5. The van der Waals surface area contributed by atoms with E-state index in [1.54, 1.807) is 12.3 Å². The zero-order chi connectivity index (χ0) is 23.8. The highest BCUT2D eigenvalue weighted by Gasteiger charge is 2.45. The lowest BCUT2D eigenvalue weighted by Gasteiger charge is -2.31. The number of carbonyl (C=O) groups is 2. The molecule has 0 unspecified atom stereocenters. The highest BCUT2D eigenvalue weighted by molar-refractivity contribution is 7.80. The summed E-state index contributed by atoms with van der Waals surface area (Å²) in [4.78, 5) is 29.8. The average molecular weight is 478 g/mol. The fourth-order valence-electron chi connectivity index (χ4n) is 4.93. The molecule has 3 aromatic rings. The molecule has 2 aliphatic rings. The molecule has 9 heteroatoms. The number of aromatic nitrogens is 1. The first-order chi connectivity index (χ1) is 16.4. The molecule has 34 heavy (non-hydrogen) atoms. The van der Waals surface area contributed by atoms with E-state index >= 15 is 0 Å². The second-order valence-corrected chi connectivity index (χ2v) is 8.97. The summed E-state index contributed by atoms with van der Waals surface area (Å²) in [6.07, 6.45) is 6.13. The first-order valence-electron chi connectivity index (χ1n) is 11.1. The summed E-state index contributed by atoms with van der Waals surface area (Å²) in [7, 11) is 0. The summed E-state index contributed by atoms with van der Waals surface area (Å²) in [6.45, 7) is 0. The Hall–Kier alpha value is -3.72. The normalized spacial score (nSPS) is 20.5. The quantitative estimate of drug-likeness (QED) is 0.436. The second-order valence-electron chi connectivity index (χ2n) is 8.58. The van der Waals surface area contributed by atoms with E-state index in [1.807, 2.05) is 24.3 Å². The third-order valence-corrected chi connectivity index (χ3v) is 6.81. The molecule has 0 bridgehead atoms. The van der Waals surface area contributed by atoms with E-state index in [9.17, 15) is 19.8 Å². The summed E-state index contributed by atoms with van der Waals surface area (Å²) in [6, 6.07) is 13.1. The molecule has 2 atom stereocenters. The number of nitrogens with one attached hydrogen (secondary N) is 1. The third kappa shape index (κ3) is 4.03. The number of pyridine rings is 1. The van der Waals surface area contributed by atoms with Gasteiger partial charge >= 0.3 is 11.9 Å². The minimum Gasteiger partial charge on any atom is -0.478 e. The van der Waals surface area contributed by atoms with Gasteiger partial charge in [0.1, 0.15) is 17.6 Å². The highest BCUT2D eigenvalue weighted by Crippen LogP contribution is 2.44. The Balaban J connectivity index is 1.57. The largest absolute Gasteiger partial charge is 0.478 e. The van der Waals surface area contributed by atoms with Gasteiger partial charge in [-0.05, 0) is 67.5 Å². The van der Waals surface area contributed by atoms with Crippen molar-refractivity contribution in [3.8, 4) is 11.3 Å². The summed E-state index contributed by atoms with van der Waals surface area (Å²) in [5, 5.41) is 22.9. The first kappa shape index (κ1) is 22.1. The number of thiocarbonyl (C=S) groups is 1. The van der Waals surface area contributed by atoms with Crippen LogP contribution in [0.3, 0.4) is 0 Å². The van der Waals surface area contributed by atoms with Gasteiger partial charge in [-0.15, -0.1) is 0 Å². The summed E-state index contributed by atoms with van der Waals surface area (Å²) in [5.41, 5.74) is 0.999. The number of nitrogens with zero attached hydrogens (tertiary/aromatic N) is 2. The highest BCUT2D eigenvalue weighted by atomic mass is 32.1. The summed E-state index contributed by atoms with van der Waals surface area (Å²) >= 11 is 5.74. The lowest BCUT2D eigenvalue weighted by molar-refractivity contribution is 0.0696. The van der Waals surface area contributed by atoms with Crippen LogP contribution < -0.4 is 5.32 Å². The Morgan fingerprint density at radius 2 is 1.74 bits per heavy atom. The van der Waals surface area contributed by atoms with Crippen LogP contribution in [0.1, 0.15) is 69.9 Å². The Bertz CT molecular complexity index is 1220. The monoisotopic (exact) mass is 477 g/mol. The summed E-state index contributed by atoms with van der Waals surface area (Å²) in [5.74, 6) is -1.36. The van der Waals surface area contributed by atoms with Crippen LogP contribution in [-0.2, 0) is 0 Å². The minimum atomic E-state index is -1.20. The van der Waals surface area contributed by atoms with Crippen molar-refractivity contribution in [3.05, 3.63) is 77.3 Å². The van der Waals surface area contributed by atoms with Gasteiger partial charge in [0.15, 0.2) is 5.11 Å². The maximum absolute atomic E-state index is 11.5. The number of aromatic carboxylic acids is 2. The molecule has 3 N–H and O–H groups in total. The lowest BCUT2D eigenvalue weighted by Crippen LogP contribution is -2.37. The van der Waals surface area contributed by atoms with E-state index in [2.05, 4.69) is 15.2 Å². The molecular weight excluding hydrogens is 454 g/mol. The second kappa shape index (κ2) is 8.90. The number of benzene rings is 1. The molecule has 1 aromatic carbocycles. The van der Waals surface area contributed by atoms with Crippen LogP contribution in [0.4, 0.5) is 0 Å². The van der Waals surface area contributed by atoms with E-state index in [1.165, 1.54) is 12.1 Å². The average Bonchev–Trinajstić information content (AvgIpc) is 3.59. The number of carboxylic acids is 2. The minimum absolute atomic E-state index is 0.115. The van der Waals surface area contributed by atoms with Crippen molar-refractivity contribution >= 4 is 29.3 Å². The van der Waals surface area contributed by atoms with Crippen molar-refractivity contribution in [3.63, 3.8) is 0 Å². The number of rotatable bonds is 6. The van der Waals surface area contributed by atoms with Crippen LogP contribution >= 0.6 is 12.2 Å². The number of furan rings is 1. The first-order valence-corrected chi connectivity index (χ1v) is 11.5. The molecule has 1 aliphatic heterocycles. The van der Waals surface area contributed by atoms with Crippen molar-refractivity contribution in [2.45, 2.75) is 43.8 Å². The van der Waals surface area contributed by atoms with Crippen LogP contribution in [0.25, 0.3) is 11.3 Å². The van der Waals surface area contributed by atoms with E-state index in [0.29, 0.717) is 28.2 Å². The SMILES string of the molecule is O=C(O)c1cc(C(=O)O)cc(-c2ccc([C@@H]3[C@@H](c4ccccn4)NC(=S)N3C3CCCC3)o2)c1. The Labute approximate surface area is 201 Å². The molecule has 0 amide bonds. The fraction of sp³-hybridized carbons (Fsp3) is 0.280. The van der Waals surface area contributed by atoms with Crippen molar-refractivity contribution in [1.82, 2.24) is 15.2 Å². The Morgan fingerprint density at radius 3 is 2.35 bits per heavy atom. The molecule has 1 saturated carbocycles. The molecule has 2 fully saturated rings. The molecule has 5 rings (SSSR count). The smallest absolute Gasteiger partial charge is 0.335 e. The molecule has 2 aromatic heterocycles. The van der Waals surface area contributed by atoms with Crippen LogP contribution in [0.2, 0.25) is 0 Å². The van der Waals surface area contributed by atoms with E-state index in [-0.39, 0.29) is 23.2 Å². The van der Waals surface area contributed by atoms with Crippen molar-refractivity contribution in [1.29, 1.82) is 0 Å². The molecular formula is C25H23N3O5S. The van der Waals surface area contributed by atoms with Crippen LogP contribution in [0, 0.1) is 0 Å². The van der Waals surface area contributed by atoms with Crippen molar-refractivity contribution in [2.75, 3.05) is 0 Å². The zero-order valence-electron chi connectivity index (χ0n) is 18.2. The topological polar surface area (TPSA) is 116 Å². The van der Waals surface area contributed by atoms with Crippen molar-refractivity contribution in [2.24, 2.45) is 0 Å². The number of hydrogen-bond acceptors (Lipinski definition) is 5. The fourth-order valence-corrected chi connectivity index (χ4v) is 5.32. The summed E-state index contributed by atoms with van der Waals surface area (Å²) < 4.78 is 6.26. The van der Waals surface area contributed by atoms with Gasteiger partial charge in [0, 0.05) is 17.8 Å². The van der Waals surface area contributed by atoms with E-state index < -0.39 is 11.9 Å². The van der Waals surface area contributed by atoms with Gasteiger partial charge in [0.25, 0.3) is 0 Å². The van der Waals surface area contributed by atoms with Crippen LogP contribution in [0.15, 0.2) is 59.1 Å². The standard InChI is InChI=1S/C25H23N3O5S/c29-23(30)15-11-14(12-16(13-15)24(31)32)19-8-9-20(33-19)22-21(18-7-3-4-10-26-18)27-25(34)28(22)17-5-1-2-6-17/h3-4,7-13,17,21-22H,1-2,5-6H2,(H,27,34)(H,29,30)(H,31,32)/t21-,22-/m1/s1. The molecule has 3 heterocycles. The van der Waals surface area contributed by atoms with E-state index in [0.717, 1.165) is 37.4 Å². The molecule has 0 spiro atoms. The molecule has 174 valence electrons. The van der Waals surface area contributed by atoms with Crippen molar-refractivity contribution < 1.29 is 24.2 Å². The molecule has 1 saturated heterocycles. The van der Waals surface area contributed by atoms with Crippen LogP contribution in [0.5, 0.6) is 0 Å². The molecule has 1 aliphatic carbocycles. The van der Waals surface area contributed by atoms with Crippen LogP contribution in [-0.4, -0.2) is 43.2 Å². The number of hydrogen-bond donors (Lipinski definition) is 3. The predicted molar refractivity (Wildman–Crippen MR) is 128 cm³/mol. The zero-order valence-corrected chi connectivity index (χ0v) is 19.0. The van der Waals surface area contributed by atoms with Gasteiger partial charge in [0.05, 0.1) is 22.9 Å². The number of carboxylic acid groups (broad SMARTS) is 2. The lowest BCUT2D eigenvalue weighted by atomic mass is 10.0. The molecule has 8 nitrogen and oxygen atoms in total. The van der Waals surface area contributed by atoms with Gasteiger partial charge in [-0.3, -0.25) is 4.98 Å². The molecule has 0 radical (unpaired) electrons. The van der Waals surface area contributed by atoms with Gasteiger partial charge in [-0.2, -0.15) is 0 Å². The van der Waals surface area contributed by atoms with Gasteiger partial charge in [0.2, 0.25) is 0 Å². The van der Waals surface area contributed by atoms with Gasteiger partial charge < -0.3 is 24.8 Å². The predicted octanol–water partition coefficient (Wildman–Crippen LogP) is 4.65.